The first kappa shape index (κ1) is 33.2. The largest absolute Gasteiger partial charge is 0.467 e. The molecule has 0 bridgehead atoms. The topological polar surface area (TPSA) is 155 Å². The number of hydrogen-bond acceptors (Lipinski definition) is 6. The zero-order valence-corrected chi connectivity index (χ0v) is 24.3. The lowest BCUT2D eigenvalue weighted by molar-refractivity contribution is -0.144. The van der Waals surface area contributed by atoms with Crippen LogP contribution in [0.25, 0.3) is 0 Å². The van der Waals surface area contributed by atoms with Gasteiger partial charge in [-0.25, -0.2) is 14.0 Å². The van der Waals surface area contributed by atoms with Crippen molar-refractivity contribution in [2.75, 3.05) is 13.7 Å². The fraction of sp³-hybridized carbons (Fsp3) is 0.552. The summed E-state index contributed by atoms with van der Waals surface area (Å²) in [6.45, 7) is 7.36. The Morgan fingerprint density at radius 1 is 1.02 bits per heavy atom. The molecule has 1 aromatic rings. The maximum atomic E-state index is 14.3. The van der Waals surface area contributed by atoms with Crippen LogP contribution in [-0.4, -0.2) is 67.5 Å². The number of benzene rings is 1. The molecule has 226 valence electrons. The number of halogens is 1. The van der Waals surface area contributed by atoms with Crippen molar-refractivity contribution in [3.63, 3.8) is 0 Å². The number of amides is 5. The van der Waals surface area contributed by atoms with Crippen LogP contribution in [0.15, 0.2) is 36.4 Å². The van der Waals surface area contributed by atoms with Gasteiger partial charge in [-0.15, -0.1) is 0 Å². The average molecular weight is 576 g/mol. The second kappa shape index (κ2) is 16.3. The van der Waals surface area contributed by atoms with E-state index < -0.39 is 53.8 Å². The van der Waals surface area contributed by atoms with Crippen LogP contribution in [0, 0.1) is 17.7 Å². The molecular formula is C29H42FN5O6. The number of urea groups is 1. The van der Waals surface area contributed by atoms with Gasteiger partial charge >= 0.3 is 12.0 Å². The molecule has 0 aromatic heterocycles. The first-order valence-electron chi connectivity index (χ1n) is 13.9. The molecule has 5 amide bonds. The van der Waals surface area contributed by atoms with Crippen LogP contribution in [0.5, 0.6) is 0 Å². The Balaban J connectivity index is 2.19. The number of hydrogen-bond donors (Lipinski definition) is 5. The Labute approximate surface area is 240 Å². The highest BCUT2D eigenvalue weighted by Gasteiger charge is 2.31. The van der Waals surface area contributed by atoms with Gasteiger partial charge in [-0.05, 0) is 49.1 Å². The van der Waals surface area contributed by atoms with Crippen molar-refractivity contribution in [2.45, 2.75) is 77.5 Å². The van der Waals surface area contributed by atoms with E-state index in [4.69, 9.17) is 4.74 Å². The van der Waals surface area contributed by atoms with E-state index in [0.29, 0.717) is 24.9 Å². The summed E-state index contributed by atoms with van der Waals surface area (Å²) >= 11 is 0. The average Bonchev–Trinajstić information content (AvgIpc) is 2.92. The van der Waals surface area contributed by atoms with Gasteiger partial charge in [-0.3, -0.25) is 14.4 Å². The van der Waals surface area contributed by atoms with Crippen LogP contribution >= 0.6 is 0 Å². The second-order valence-electron chi connectivity index (χ2n) is 10.7. The quantitative estimate of drug-likeness (QED) is 0.283. The van der Waals surface area contributed by atoms with Crippen LogP contribution in [-0.2, 0) is 30.3 Å². The molecule has 0 spiro atoms. The smallest absolute Gasteiger partial charge is 0.328 e. The Morgan fingerprint density at radius 2 is 1.68 bits per heavy atom. The summed E-state index contributed by atoms with van der Waals surface area (Å²) in [6, 6.07) is 1.84. The van der Waals surface area contributed by atoms with E-state index in [1.165, 1.54) is 25.3 Å². The van der Waals surface area contributed by atoms with Crippen LogP contribution in [0.4, 0.5) is 9.18 Å². The molecule has 41 heavy (non-hydrogen) atoms. The Morgan fingerprint density at radius 3 is 2.32 bits per heavy atom. The van der Waals surface area contributed by atoms with E-state index in [0.717, 1.165) is 0 Å². The van der Waals surface area contributed by atoms with Crippen LogP contribution in [0.1, 0.15) is 52.5 Å². The summed E-state index contributed by atoms with van der Waals surface area (Å²) in [5, 5.41) is 13.5. The number of nitrogens with one attached hydrogen (secondary N) is 5. The van der Waals surface area contributed by atoms with Crippen LogP contribution in [0.3, 0.4) is 0 Å². The Kier molecular flexibility index (Phi) is 13.2. The number of rotatable bonds is 9. The third kappa shape index (κ3) is 10.8. The van der Waals surface area contributed by atoms with E-state index >= 15 is 0 Å². The summed E-state index contributed by atoms with van der Waals surface area (Å²) in [7, 11) is 1.22. The molecule has 1 aliphatic heterocycles. The van der Waals surface area contributed by atoms with Gasteiger partial charge in [0, 0.05) is 12.6 Å². The second-order valence-corrected chi connectivity index (χ2v) is 10.7. The monoisotopic (exact) mass is 575 g/mol. The van der Waals surface area contributed by atoms with Crippen LogP contribution in [0.2, 0.25) is 0 Å². The highest BCUT2D eigenvalue weighted by atomic mass is 19.1. The molecule has 5 N–H and O–H groups in total. The lowest BCUT2D eigenvalue weighted by Gasteiger charge is -2.27. The van der Waals surface area contributed by atoms with Gasteiger partial charge in [0.05, 0.1) is 13.2 Å². The maximum Gasteiger partial charge on any atom is 0.328 e. The minimum Gasteiger partial charge on any atom is -0.467 e. The molecule has 0 saturated heterocycles. The molecule has 1 aliphatic rings. The summed E-state index contributed by atoms with van der Waals surface area (Å²) < 4.78 is 19.1. The lowest BCUT2D eigenvalue weighted by Crippen LogP contribution is -2.59. The molecular weight excluding hydrogens is 533 g/mol. The van der Waals surface area contributed by atoms with Crippen molar-refractivity contribution in [3.8, 4) is 0 Å². The van der Waals surface area contributed by atoms with Gasteiger partial charge in [0.1, 0.15) is 23.9 Å². The van der Waals surface area contributed by atoms with Crippen molar-refractivity contribution in [2.24, 2.45) is 11.8 Å². The molecule has 1 aromatic carbocycles. The summed E-state index contributed by atoms with van der Waals surface area (Å²) in [6.07, 6.45) is 4.27. The van der Waals surface area contributed by atoms with E-state index in [1.807, 2.05) is 0 Å². The first-order chi connectivity index (χ1) is 19.4. The SMILES string of the molecule is COC(=O)[C@@H](NC(=O)N[C@H](C(=O)N[C@H]1CCCCNC(=O)/C=C/[C@H](Cc2ccccc2F)NC1=O)C(C)C)C(C)C. The van der Waals surface area contributed by atoms with Gasteiger partial charge in [-0.2, -0.15) is 0 Å². The minimum atomic E-state index is -1.01. The number of carbonyl (C=O) groups excluding carboxylic acids is 5. The van der Waals surface area contributed by atoms with E-state index in [-0.39, 0.29) is 30.6 Å². The lowest BCUT2D eigenvalue weighted by atomic mass is 10.0. The third-order valence-electron chi connectivity index (χ3n) is 6.70. The van der Waals surface area contributed by atoms with Crippen molar-refractivity contribution in [3.05, 3.63) is 47.8 Å². The molecule has 4 atom stereocenters. The summed E-state index contributed by atoms with van der Waals surface area (Å²) in [4.78, 5) is 63.6. The van der Waals surface area contributed by atoms with Crippen molar-refractivity contribution < 1.29 is 33.1 Å². The number of methoxy groups -OCH3 is 1. The molecule has 0 aliphatic carbocycles. The fourth-order valence-corrected chi connectivity index (χ4v) is 4.31. The number of esters is 1. The highest BCUT2D eigenvalue weighted by molar-refractivity contribution is 5.93. The highest BCUT2D eigenvalue weighted by Crippen LogP contribution is 2.12. The minimum absolute atomic E-state index is 0.0937. The molecule has 11 nitrogen and oxygen atoms in total. The third-order valence-corrected chi connectivity index (χ3v) is 6.70. The predicted molar refractivity (Wildman–Crippen MR) is 151 cm³/mol. The molecule has 0 radical (unpaired) electrons. The summed E-state index contributed by atoms with van der Waals surface area (Å²) in [5.74, 6) is -3.04. The fourth-order valence-electron chi connectivity index (χ4n) is 4.31. The number of carbonyl (C=O) groups is 5. The van der Waals surface area contributed by atoms with Gasteiger partial charge in [-0.1, -0.05) is 52.0 Å². The van der Waals surface area contributed by atoms with Gasteiger partial charge in [0.15, 0.2) is 0 Å². The van der Waals surface area contributed by atoms with Crippen molar-refractivity contribution in [1.82, 2.24) is 26.6 Å². The standard InChI is InChI=1S/C29H42FN5O6/c1-17(2)24(34-29(40)35-25(18(3)4)28(39)41-5)27(38)33-22-12-8-9-15-31-23(36)14-13-20(32-26(22)37)16-19-10-6-7-11-21(19)30/h6-7,10-11,13-14,17-18,20,22,24-25H,8-9,12,15-16H2,1-5H3,(H,31,36)(H,32,37)(H,33,38)(H2,34,35,40)/b14-13+/t20-,22+,24+,25+/m1/s1. The predicted octanol–water partition coefficient (Wildman–Crippen LogP) is 1.72. The van der Waals surface area contributed by atoms with E-state index in [9.17, 15) is 28.4 Å². The Bertz CT molecular complexity index is 1110. The molecule has 0 saturated carbocycles. The summed E-state index contributed by atoms with van der Waals surface area (Å²) in [5.41, 5.74) is 0.359. The molecule has 2 rings (SSSR count). The molecule has 0 fully saturated rings. The zero-order valence-electron chi connectivity index (χ0n) is 24.3. The van der Waals surface area contributed by atoms with Crippen molar-refractivity contribution in [1.29, 1.82) is 0 Å². The molecule has 0 unspecified atom stereocenters. The van der Waals surface area contributed by atoms with E-state index in [2.05, 4.69) is 26.6 Å². The molecule has 1 heterocycles. The number of ether oxygens (including phenoxy) is 1. The molecule has 12 heteroatoms. The van der Waals surface area contributed by atoms with Gasteiger partial charge in [0.2, 0.25) is 17.7 Å². The van der Waals surface area contributed by atoms with Gasteiger partial charge in [0.25, 0.3) is 0 Å². The maximum absolute atomic E-state index is 14.3. The van der Waals surface area contributed by atoms with Crippen molar-refractivity contribution >= 4 is 29.7 Å². The van der Waals surface area contributed by atoms with E-state index in [1.54, 1.807) is 45.9 Å². The first-order valence-corrected chi connectivity index (χ1v) is 13.9. The van der Waals surface area contributed by atoms with Crippen LogP contribution < -0.4 is 26.6 Å². The zero-order chi connectivity index (χ0) is 30.5. The normalized spacial score (nSPS) is 20.4. The van der Waals surface area contributed by atoms with Gasteiger partial charge < -0.3 is 31.3 Å². The Hall–Kier alpha value is -3.96.